The Morgan fingerprint density at radius 2 is 1.02 bits per heavy atom. The van der Waals surface area contributed by atoms with Crippen LogP contribution in [0.4, 0.5) is 0 Å². The second-order valence-corrected chi connectivity index (χ2v) is 12.4. The fourth-order valence-corrected chi connectivity index (χ4v) is 4.83. The van der Waals surface area contributed by atoms with E-state index in [-0.39, 0.29) is 39.6 Å². The third kappa shape index (κ3) is 12.4. The maximum absolute atomic E-state index is 11.8. The number of aliphatic hydroxyl groups is 2. The molecule has 0 spiro atoms. The maximum atomic E-state index is 11.8. The van der Waals surface area contributed by atoms with E-state index in [0.717, 1.165) is 22.3 Å². The summed E-state index contributed by atoms with van der Waals surface area (Å²) in [6.07, 6.45) is -3.70. The minimum absolute atomic E-state index is 0.00414. The van der Waals surface area contributed by atoms with Gasteiger partial charge in [-0.1, -0.05) is 142 Å². The predicted molar refractivity (Wildman–Crippen MR) is 183 cm³/mol. The van der Waals surface area contributed by atoms with E-state index in [1.165, 1.54) is 0 Å². The summed E-state index contributed by atoms with van der Waals surface area (Å²) < 4.78 is 31.9. The van der Waals surface area contributed by atoms with Gasteiger partial charge >= 0.3 is 0 Å². The normalized spacial score (nSPS) is 14.2. The van der Waals surface area contributed by atoms with Crippen molar-refractivity contribution in [3.8, 4) is 0 Å². The third-order valence-corrected chi connectivity index (χ3v) is 7.64. The first-order chi connectivity index (χ1) is 22.8. The average molecular weight is 641 g/mol. The molecule has 7 heteroatoms. The molecule has 0 radical (unpaired) electrons. The molecule has 0 aromatic heterocycles. The molecule has 4 rings (SSSR count). The molecule has 4 aromatic carbocycles. The topological polar surface area (TPSA) is 86.6 Å². The SMILES string of the molecule is C=C(OCC(C)(C)CO)[C@H](OCc1ccccc1)[C@@H](OCc1ccccc1)[C@H](OCc1ccccc1)[C@H](O)COCc1ccccc1. The van der Waals surface area contributed by atoms with Gasteiger partial charge in [0.1, 0.15) is 30.2 Å². The molecule has 0 heterocycles. The molecule has 0 amide bonds. The quantitative estimate of drug-likeness (QED) is 0.0962. The fraction of sp³-hybridized carbons (Fsp3) is 0.350. The number of hydrogen-bond donors (Lipinski definition) is 2. The third-order valence-electron chi connectivity index (χ3n) is 7.64. The minimum Gasteiger partial charge on any atom is -0.495 e. The van der Waals surface area contributed by atoms with Crippen LogP contribution in [0.2, 0.25) is 0 Å². The maximum Gasteiger partial charge on any atom is 0.143 e. The minimum atomic E-state index is -1.09. The Labute approximate surface area is 279 Å². The van der Waals surface area contributed by atoms with Crippen LogP contribution in [0.1, 0.15) is 36.1 Å². The van der Waals surface area contributed by atoms with Crippen LogP contribution in [0, 0.1) is 5.41 Å². The number of aliphatic hydroxyl groups excluding tert-OH is 2. The van der Waals surface area contributed by atoms with Crippen LogP contribution < -0.4 is 0 Å². The summed E-state index contributed by atoms with van der Waals surface area (Å²) >= 11 is 0. The molecule has 0 aliphatic carbocycles. The molecule has 250 valence electrons. The van der Waals surface area contributed by atoms with E-state index >= 15 is 0 Å². The lowest BCUT2D eigenvalue weighted by Crippen LogP contribution is -2.51. The zero-order chi connectivity index (χ0) is 33.3. The van der Waals surface area contributed by atoms with Crippen molar-refractivity contribution in [3.63, 3.8) is 0 Å². The van der Waals surface area contributed by atoms with Crippen LogP contribution in [-0.2, 0) is 50.1 Å². The van der Waals surface area contributed by atoms with E-state index < -0.39 is 29.8 Å². The number of ether oxygens (including phenoxy) is 5. The van der Waals surface area contributed by atoms with Crippen molar-refractivity contribution in [1.29, 1.82) is 0 Å². The first-order valence-electron chi connectivity index (χ1n) is 16.0. The van der Waals surface area contributed by atoms with E-state index in [0.29, 0.717) is 12.4 Å². The molecule has 0 unspecified atom stereocenters. The van der Waals surface area contributed by atoms with Gasteiger partial charge in [-0.05, 0) is 22.3 Å². The van der Waals surface area contributed by atoms with Crippen LogP contribution in [-0.4, -0.2) is 54.4 Å². The highest BCUT2D eigenvalue weighted by atomic mass is 16.6. The van der Waals surface area contributed by atoms with Gasteiger partial charge in [-0.25, -0.2) is 0 Å². The van der Waals surface area contributed by atoms with Gasteiger partial charge in [-0.15, -0.1) is 0 Å². The summed E-state index contributed by atoms with van der Waals surface area (Å²) in [7, 11) is 0. The van der Waals surface area contributed by atoms with E-state index in [4.69, 9.17) is 23.7 Å². The van der Waals surface area contributed by atoms with Gasteiger partial charge in [-0.3, -0.25) is 0 Å². The van der Waals surface area contributed by atoms with Crippen LogP contribution in [0.25, 0.3) is 0 Å². The van der Waals surface area contributed by atoms with Crippen LogP contribution in [0.3, 0.4) is 0 Å². The second kappa shape index (κ2) is 19.1. The first kappa shape index (κ1) is 36.0. The summed E-state index contributed by atoms with van der Waals surface area (Å²) in [5.74, 6) is 0.311. The molecular formula is C40H48O7. The summed E-state index contributed by atoms with van der Waals surface area (Å²) in [6, 6.07) is 39.2. The van der Waals surface area contributed by atoms with Crippen molar-refractivity contribution in [3.05, 3.63) is 156 Å². The van der Waals surface area contributed by atoms with Gasteiger partial charge in [0.25, 0.3) is 0 Å². The molecule has 0 aliphatic rings. The Morgan fingerprint density at radius 1 is 0.617 bits per heavy atom. The molecule has 0 saturated carbocycles. The fourth-order valence-electron chi connectivity index (χ4n) is 4.83. The largest absolute Gasteiger partial charge is 0.495 e. The zero-order valence-corrected chi connectivity index (χ0v) is 27.4. The monoisotopic (exact) mass is 640 g/mol. The standard InChI is InChI=1S/C40H48O7/c1-31(47-30-40(2,3)29-41)37(44-25-33-18-10-5-11-19-33)39(46-27-35-22-14-7-15-23-35)38(45-26-34-20-12-6-13-21-34)36(42)28-43-24-32-16-8-4-9-17-32/h4-23,36-39,41-42H,1,24-30H2,2-3H3/t36-,37+,38-,39-/m1/s1. The van der Waals surface area contributed by atoms with Gasteiger partial charge in [0.2, 0.25) is 0 Å². The van der Waals surface area contributed by atoms with Crippen LogP contribution >= 0.6 is 0 Å². The van der Waals surface area contributed by atoms with Gasteiger partial charge in [0, 0.05) is 5.41 Å². The summed E-state index contributed by atoms with van der Waals surface area (Å²) in [5.41, 5.74) is 3.33. The lowest BCUT2D eigenvalue weighted by molar-refractivity contribution is -0.187. The number of hydrogen-bond acceptors (Lipinski definition) is 7. The van der Waals surface area contributed by atoms with E-state index in [2.05, 4.69) is 6.58 Å². The van der Waals surface area contributed by atoms with Gasteiger partial charge < -0.3 is 33.9 Å². The van der Waals surface area contributed by atoms with E-state index in [1.807, 2.05) is 135 Å². The molecule has 0 aliphatic heterocycles. The highest BCUT2D eigenvalue weighted by molar-refractivity contribution is 5.17. The van der Waals surface area contributed by atoms with Crippen LogP contribution in [0.15, 0.2) is 134 Å². The summed E-state index contributed by atoms with van der Waals surface area (Å²) in [4.78, 5) is 0. The van der Waals surface area contributed by atoms with Crippen molar-refractivity contribution in [1.82, 2.24) is 0 Å². The van der Waals surface area contributed by atoms with Gasteiger partial charge in [0.05, 0.1) is 46.2 Å². The number of rotatable bonds is 21. The molecule has 0 saturated heterocycles. The Bertz CT molecular complexity index is 1410. The summed E-state index contributed by atoms with van der Waals surface area (Å²) in [5, 5.41) is 21.6. The molecule has 0 fully saturated rings. The Balaban J connectivity index is 1.65. The Hall–Kier alpha value is -3.82. The molecule has 4 atom stereocenters. The lowest BCUT2D eigenvalue weighted by Gasteiger charge is -2.37. The first-order valence-corrected chi connectivity index (χ1v) is 16.0. The molecule has 2 N–H and O–H groups in total. The van der Waals surface area contributed by atoms with Crippen molar-refractivity contribution >= 4 is 0 Å². The predicted octanol–water partition coefficient (Wildman–Crippen LogP) is 6.87. The summed E-state index contributed by atoms with van der Waals surface area (Å²) in [6.45, 7) is 9.25. The van der Waals surface area contributed by atoms with Crippen molar-refractivity contribution in [2.75, 3.05) is 19.8 Å². The second-order valence-electron chi connectivity index (χ2n) is 12.4. The Kier molecular flexibility index (Phi) is 14.6. The van der Waals surface area contributed by atoms with Gasteiger partial charge in [0.15, 0.2) is 0 Å². The molecule has 47 heavy (non-hydrogen) atoms. The molecule has 4 aromatic rings. The highest BCUT2D eigenvalue weighted by Gasteiger charge is 2.40. The zero-order valence-electron chi connectivity index (χ0n) is 27.4. The smallest absolute Gasteiger partial charge is 0.143 e. The van der Waals surface area contributed by atoms with Crippen molar-refractivity contribution in [2.24, 2.45) is 5.41 Å². The molecule has 7 nitrogen and oxygen atoms in total. The lowest BCUT2D eigenvalue weighted by atomic mass is 9.96. The average Bonchev–Trinajstić information content (AvgIpc) is 3.11. The van der Waals surface area contributed by atoms with Gasteiger partial charge in [-0.2, -0.15) is 0 Å². The number of benzene rings is 4. The van der Waals surface area contributed by atoms with E-state index in [9.17, 15) is 10.2 Å². The Morgan fingerprint density at radius 3 is 1.47 bits per heavy atom. The highest BCUT2D eigenvalue weighted by Crippen LogP contribution is 2.27. The van der Waals surface area contributed by atoms with Crippen molar-refractivity contribution in [2.45, 2.75) is 64.7 Å². The van der Waals surface area contributed by atoms with E-state index in [1.54, 1.807) is 0 Å². The molecule has 0 bridgehead atoms. The van der Waals surface area contributed by atoms with Crippen molar-refractivity contribution < 1.29 is 33.9 Å². The molecular weight excluding hydrogens is 592 g/mol. The van der Waals surface area contributed by atoms with Crippen LogP contribution in [0.5, 0.6) is 0 Å².